The van der Waals surface area contributed by atoms with Crippen LogP contribution in [-0.2, 0) is 32.0 Å². The summed E-state index contributed by atoms with van der Waals surface area (Å²) in [6.07, 6.45) is 5.40. The number of hydrogen-bond acceptors (Lipinski definition) is 5. The van der Waals surface area contributed by atoms with E-state index in [9.17, 15) is 24.3 Å². The van der Waals surface area contributed by atoms with Gasteiger partial charge >= 0.3 is 5.97 Å². The van der Waals surface area contributed by atoms with Crippen molar-refractivity contribution in [2.45, 2.75) is 43.8 Å². The number of benzene rings is 1. The van der Waals surface area contributed by atoms with Crippen LogP contribution < -0.4 is 16.0 Å². The molecule has 1 saturated heterocycles. The second kappa shape index (κ2) is 9.55. The third kappa shape index (κ3) is 5.20. The second-order valence-corrected chi connectivity index (χ2v) is 7.96. The molecule has 1 fully saturated rings. The maximum absolute atomic E-state index is 13.1. The Balaban J connectivity index is 1.49. The third-order valence-electron chi connectivity index (χ3n) is 5.64. The van der Waals surface area contributed by atoms with E-state index in [0.717, 1.165) is 16.5 Å². The number of imidazole rings is 1. The summed E-state index contributed by atoms with van der Waals surface area (Å²) < 4.78 is 0. The zero-order valence-electron chi connectivity index (χ0n) is 17.6. The van der Waals surface area contributed by atoms with Crippen LogP contribution in [0.25, 0.3) is 10.9 Å². The van der Waals surface area contributed by atoms with Crippen molar-refractivity contribution in [3.05, 3.63) is 54.2 Å². The zero-order valence-corrected chi connectivity index (χ0v) is 17.6. The summed E-state index contributed by atoms with van der Waals surface area (Å²) in [7, 11) is 0. The Morgan fingerprint density at radius 2 is 1.94 bits per heavy atom. The van der Waals surface area contributed by atoms with Crippen LogP contribution in [0.3, 0.4) is 0 Å². The number of carbonyl (C=O) groups excluding carboxylic acids is 3. The van der Waals surface area contributed by atoms with Gasteiger partial charge in [-0.1, -0.05) is 18.2 Å². The first kappa shape index (κ1) is 22.1. The first-order valence-corrected chi connectivity index (χ1v) is 10.6. The Labute approximate surface area is 188 Å². The monoisotopic (exact) mass is 452 g/mol. The first-order chi connectivity index (χ1) is 15.9. The topological polar surface area (TPSA) is 169 Å². The van der Waals surface area contributed by atoms with E-state index in [1.165, 1.54) is 12.5 Å². The second-order valence-electron chi connectivity index (χ2n) is 7.96. The molecule has 11 heteroatoms. The highest BCUT2D eigenvalue weighted by Gasteiger charge is 2.32. The maximum Gasteiger partial charge on any atom is 0.326 e. The standard InChI is InChI=1S/C22H24N6O5/c29-19-6-5-16(26-19)20(30)27-17(8-13-10-23-11-25-13)21(31)28-18(22(32)33)7-12-9-24-15-4-2-1-3-14(12)15/h1-4,9-11,16-18,24H,5-8H2,(H,23,25)(H,26,29)(H,27,30)(H,28,31)(H,32,33). The lowest BCUT2D eigenvalue weighted by Crippen LogP contribution is -2.55. The molecule has 3 aromatic rings. The molecule has 11 nitrogen and oxygen atoms in total. The Kier molecular flexibility index (Phi) is 6.38. The number of H-pyrrole nitrogens is 2. The van der Waals surface area contributed by atoms with Gasteiger partial charge in [0.15, 0.2) is 0 Å². The van der Waals surface area contributed by atoms with Gasteiger partial charge in [-0.05, 0) is 18.1 Å². The van der Waals surface area contributed by atoms with Crippen molar-refractivity contribution in [2.24, 2.45) is 0 Å². The fourth-order valence-electron chi connectivity index (χ4n) is 3.90. The normalized spacial score (nSPS) is 17.3. The summed E-state index contributed by atoms with van der Waals surface area (Å²) >= 11 is 0. The van der Waals surface area contributed by atoms with Crippen LogP contribution in [0.4, 0.5) is 0 Å². The van der Waals surface area contributed by atoms with Gasteiger partial charge in [-0.3, -0.25) is 14.4 Å². The fraction of sp³-hybridized carbons (Fsp3) is 0.318. The number of rotatable bonds is 9. The van der Waals surface area contributed by atoms with Crippen molar-refractivity contribution in [2.75, 3.05) is 0 Å². The van der Waals surface area contributed by atoms with Crippen LogP contribution in [0.1, 0.15) is 24.1 Å². The Hall–Kier alpha value is -4.15. The highest BCUT2D eigenvalue weighted by molar-refractivity contribution is 5.95. The predicted octanol–water partition coefficient (Wildman–Crippen LogP) is 0.00900. The van der Waals surface area contributed by atoms with E-state index in [-0.39, 0.29) is 25.2 Å². The van der Waals surface area contributed by atoms with E-state index >= 15 is 0 Å². The summed E-state index contributed by atoms with van der Waals surface area (Å²) in [4.78, 5) is 58.9. The van der Waals surface area contributed by atoms with Gasteiger partial charge in [0, 0.05) is 48.3 Å². The van der Waals surface area contributed by atoms with E-state index in [2.05, 4.69) is 30.9 Å². The molecular weight excluding hydrogens is 428 g/mol. The minimum Gasteiger partial charge on any atom is -0.480 e. The molecule has 3 unspecified atom stereocenters. The van der Waals surface area contributed by atoms with Crippen molar-refractivity contribution in [1.82, 2.24) is 30.9 Å². The summed E-state index contributed by atoms with van der Waals surface area (Å²) in [5.74, 6) is -2.56. The summed E-state index contributed by atoms with van der Waals surface area (Å²) in [6.45, 7) is 0. The molecule has 0 bridgehead atoms. The molecule has 0 saturated carbocycles. The van der Waals surface area contributed by atoms with E-state index in [1.54, 1.807) is 6.20 Å². The molecule has 6 N–H and O–H groups in total. The molecule has 3 amide bonds. The predicted molar refractivity (Wildman–Crippen MR) is 117 cm³/mol. The van der Waals surface area contributed by atoms with E-state index in [1.807, 2.05) is 24.3 Å². The largest absolute Gasteiger partial charge is 0.480 e. The van der Waals surface area contributed by atoms with Gasteiger partial charge in [0.1, 0.15) is 18.1 Å². The lowest BCUT2D eigenvalue weighted by atomic mass is 10.0. The summed E-state index contributed by atoms with van der Waals surface area (Å²) in [5.41, 5.74) is 2.21. The number of aliphatic carboxylic acids is 1. The molecule has 1 aromatic carbocycles. The zero-order chi connectivity index (χ0) is 23.4. The van der Waals surface area contributed by atoms with Gasteiger partial charge in [-0.15, -0.1) is 0 Å². The molecule has 3 heterocycles. The Morgan fingerprint density at radius 1 is 1.12 bits per heavy atom. The van der Waals surface area contributed by atoms with Gasteiger partial charge in [0.2, 0.25) is 17.7 Å². The number of fused-ring (bicyclic) bond motifs is 1. The lowest BCUT2D eigenvalue weighted by molar-refractivity contribution is -0.142. The number of carboxylic acids is 1. The fourth-order valence-corrected chi connectivity index (χ4v) is 3.90. The maximum atomic E-state index is 13.1. The molecule has 1 aliphatic rings. The van der Waals surface area contributed by atoms with Gasteiger partial charge in [-0.2, -0.15) is 0 Å². The third-order valence-corrected chi connectivity index (χ3v) is 5.64. The summed E-state index contributed by atoms with van der Waals surface area (Å²) in [6, 6.07) is 4.49. The number of nitrogens with one attached hydrogen (secondary N) is 5. The highest BCUT2D eigenvalue weighted by atomic mass is 16.4. The molecule has 1 aliphatic heterocycles. The van der Waals surface area contributed by atoms with Crippen LogP contribution in [0.2, 0.25) is 0 Å². The minimum absolute atomic E-state index is 0.0640. The number of amides is 3. The number of aromatic amines is 2. The smallest absolute Gasteiger partial charge is 0.326 e. The molecule has 0 radical (unpaired) electrons. The molecule has 0 spiro atoms. The van der Waals surface area contributed by atoms with Gasteiger partial charge in [0.25, 0.3) is 0 Å². The van der Waals surface area contributed by atoms with Gasteiger partial charge in [0.05, 0.1) is 6.33 Å². The highest BCUT2D eigenvalue weighted by Crippen LogP contribution is 2.19. The average molecular weight is 452 g/mol. The number of nitrogens with zero attached hydrogens (tertiary/aromatic N) is 1. The van der Waals surface area contributed by atoms with Crippen molar-refractivity contribution in [3.63, 3.8) is 0 Å². The molecular formula is C22H24N6O5. The number of carbonyl (C=O) groups is 4. The molecule has 33 heavy (non-hydrogen) atoms. The molecule has 2 aromatic heterocycles. The Morgan fingerprint density at radius 3 is 2.64 bits per heavy atom. The van der Waals surface area contributed by atoms with Crippen molar-refractivity contribution >= 4 is 34.6 Å². The quantitative estimate of drug-likeness (QED) is 0.267. The van der Waals surface area contributed by atoms with Crippen LogP contribution in [0.15, 0.2) is 43.0 Å². The van der Waals surface area contributed by atoms with Crippen molar-refractivity contribution in [3.8, 4) is 0 Å². The number of hydrogen-bond donors (Lipinski definition) is 6. The molecule has 3 atom stereocenters. The van der Waals surface area contributed by atoms with E-state index in [0.29, 0.717) is 12.1 Å². The van der Waals surface area contributed by atoms with E-state index < -0.39 is 35.9 Å². The van der Waals surface area contributed by atoms with Crippen LogP contribution in [0.5, 0.6) is 0 Å². The van der Waals surface area contributed by atoms with Crippen molar-refractivity contribution in [1.29, 1.82) is 0 Å². The van der Waals surface area contributed by atoms with Crippen LogP contribution >= 0.6 is 0 Å². The van der Waals surface area contributed by atoms with Crippen LogP contribution in [0, 0.1) is 0 Å². The Bertz CT molecular complexity index is 1170. The minimum atomic E-state index is -1.20. The van der Waals surface area contributed by atoms with Gasteiger partial charge < -0.3 is 31.0 Å². The number of para-hydroxylation sites is 1. The average Bonchev–Trinajstić information content (AvgIpc) is 3.54. The molecule has 4 rings (SSSR count). The lowest BCUT2D eigenvalue weighted by Gasteiger charge is -2.22. The molecule has 172 valence electrons. The SMILES string of the molecule is O=C1CCC(C(=O)NC(Cc2cnc[nH]2)C(=O)NC(Cc2c[nH]c3ccccc23)C(=O)O)N1. The number of aromatic nitrogens is 3. The first-order valence-electron chi connectivity index (χ1n) is 10.6. The van der Waals surface area contributed by atoms with E-state index in [4.69, 9.17) is 0 Å². The van der Waals surface area contributed by atoms with Crippen molar-refractivity contribution < 1.29 is 24.3 Å². The summed E-state index contributed by atoms with van der Waals surface area (Å²) in [5, 5.41) is 18.4. The molecule has 0 aliphatic carbocycles. The number of carboxylic acid groups (broad SMARTS) is 1. The van der Waals surface area contributed by atoms with Gasteiger partial charge in [-0.25, -0.2) is 9.78 Å². The van der Waals surface area contributed by atoms with Crippen LogP contribution in [-0.4, -0.2) is 61.9 Å².